The molecule has 4 N–H and O–H groups in total. The minimum Gasteiger partial charge on any atom is -0.507 e. The molecule has 0 saturated heterocycles. The summed E-state index contributed by atoms with van der Waals surface area (Å²) >= 11 is 12.2. The Hall–Kier alpha value is -2.29. The van der Waals surface area contributed by atoms with Gasteiger partial charge in [-0.15, -0.1) is 11.8 Å². The molecule has 0 unspecified atom stereocenters. The molecule has 2 aromatic carbocycles. The second-order valence-corrected chi connectivity index (χ2v) is 7.13. The van der Waals surface area contributed by atoms with E-state index in [-0.39, 0.29) is 28.1 Å². The first-order valence-electron chi connectivity index (χ1n) is 7.32. The Morgan fingerprint density at radius 1 is 1.23 bits per heavy atom. The molecule has 0 bridgehead atoms. The molecule has 2 rings (SSSR count). The highest BCUT2D eigenvalue weighted by atomic mass is 35.5. The average molecular weight is 411 g/mol. The van der Waals surface area contributed by atoms with Gasteiger partial charge in [-0.3, -0.25) is 4.79 Å². The lowest BCUT2D eigenvalue weighted by Crippen LogP contribution is -2.35. The van der Waals surface area contributed by atoms with Crippen molar-refractivity contribution in [1.82, 2.24) is 5.32 Å². The predicted molar refractivity (Wildman–Crippen MR) is 106 cm³/mol. The lowest BCUT2D eigenvalue weighted by atomic mass is 10.1. The molecule has 0 radical (unpaired) electrons. The third kappa shape index (κ3) is 5.62. The topological polar surface area (TPSA) is 98.7 Å². The maximum atomic E-state index is 12.0. The van der Waals surface area contributed by atoms with Gasteiger partial charge in [-0.2, -0.15) is 0 Å². The fourth-order valence-corrected chi connectivity index (χ4v) is 3.08. The van der Waals surface area contributed by atoms with Crippen molar-refractivity contribution in [2.24, 2.45) is 0 Å². The number of carboxylic acid groups (broad SMARTS) is 1. The summed E-state index contributed by atoms with van der Waals surface area (Å²) in [6.45, 7) is 1.57. The fraction of sp³-hybridized carbons (Fsp3) is 0.118. The monoisotopic (exact) mass is 410 g/mol. The number of carbonyl (C=O) groups is 2. The first-order chi connectivity index (χ1) is 12.3. The van der Waals surface area contributed by atoms with Gasteiger partial charge in [0.15, 0.2) is 5.11 Å². The van der Waals surface area contributed by atoms with Crippen LogP contribution in [0.5, 0.6) is 5.75 Å². The number of carboxylic acids is 1. The van der Waals surface area contributed by atoms with Crippen molar-refractivity contribution in [1.29, 1.82) is 0 Å². The first kappa shape index (κ1) is 20.0. The van der Waals surface area contributed by atoms with Crippen LogP contribution in [0.4, 0.5) is 5.69 Å². The van der Waals surface area contributed by atoms with Crippen LogP contribution in [0.25, 0.3) is 0 Å². The van der Waals surface area contributed by atoms with Gasteiger partial charge in [-0.1, -0.05) is 11.6 Å². The molecule has 0 aliphatic heterocycles. The van der Waals surface area contributed by atoms with Crippen LogP contribution >= 0.6 is 35.6 Å². The van der Waals surface area contributed by atoms with E-state index < -0.39 is 5.97 Å². The van der Waals surface area contributed by atoms with Gasteiger partial charge >= 0.3 is 5.97 Å². The highest BCUT2D eigenvalue weighted by molar-refractivity contribution is 8.00. The number of thioether (sulfide) groups is 1. The fourth-order valence-electron chi connectivity index (χ4n) is 2.02. The zero-order valence-electron chi connectivity index (χ0n) is 13.6. The number of rotatable bonds is 5. The molecular weight excluding hydrogens is 396 g/mol. The predicted octanol–water partition coefficient (Wildman–Crippen LogP) is 3.66. The molecule has 26 heavy (non-hydrogen) atoms. The summed E-state index contributed by atoms with van der Waals surface area (Å²) in [5.74, 6) is -1.73. The summed E-state index contributed by atoms with van der Waals surface area (Å²) in [4.78, 5) is 24.0. The third-order valence-electron chi connectivity index (χ3n) is 3.23. The summed E-state index contributed by atoms with van der Waals surface area (Å²) in [5.41, 5.74) is 0.480. The van der Waals surface area contributed by atoms with Gasteiger partial charge in [0.2, 0.25) is 5.91 Å². The molecule has 6 nitrogen and oxygen atoms in total. The Morgan fingerprint density at radius 3 is 2.50 bits per heavy atom. The lowest BCUT2D eigenvalue weighted by molar-refractivity contribution is -0.117. The number of nitrogens with one attached hydrogen (secondary N) is 2. The van der Waals surface area contributed by atoms with Crippen LogP contribution in [0.3, 0.4) is 0 Å². The van der Waals surface area contributed by atoms with E-state index in [1.807, 2.05) is 12.1 Å². The number of hydrogen-bond donors (Lipinski definition) is 4. The Balaban J connectivity index is 1.92. The third-order valence-corrected chi connectivity index (χ3v) is 4.69. The highest BCUT2D eigenvalue weighted by Gasteiger charge is 2.14. The zero-order valence-corrected chi connectivity index (χ0v) is 16.0. The molecule has 136 valence electrons. The number of anilines is 1. The Kier molecular flexibility index (Phi) is 6.84. The quantitative estimate of drug-likeness (QED) is 0.339. The number of aryl methyl sites for hydroxylation is 1. The summed E-state index contributed by atoms with van der Waals surface area (Å²) in [6, 6.07) is 9.86. The normalized spacial score (nSPS) is 10.2. The number of hydrogen-bond acceptors (Lipinski definition) is 5. The Labute approximate surface area is 164 Å². The summed E-state index contributed by atoms with van der Waals surface area (Å²) in [7, 11) is 0. The Bertz CT molecular complexity index is 857. The van der Waals surface area contributed by atoms with Crippen LogP contribution in [0.1, 0.15) is 15.9 Å². The van der Waals surface area contributed by atoms with Crippen LogP contribution in [0.15, 0.2) is 41.3 Å². The molecule has 0 heterocycles. The number of phenols is 1. The van der Waals surface area contributed by atoms with Gasteiger partial charge in [0.05, 0.1) is 5.75 Å². The van der Waals surface area contributed by atoms with E-state index in [4.69, 9.17) is 28.9 Å². The van der Waals surface area contributed by atoms with E-state index in [1.54, 1.807) is 19.1 Å². The lowest BCUT2D eigenvalue weighted by Gasteiger charge is -2.12. The number of aromatic carboxylic acids is 1. The minimum absolute atomic E-state index is 0.0353. The van der Waals surface area contributed by atoms with E-state index in [2.05, 4.69) is 10.6 Å². The molecule has 9 heteroatoms. The van der Waals surface area contributed by atoms with Crippen LogP contribution in [0.2, 0.25) is 5.02 Å². The second kappa shape index (κ2) is 8.88. The van der Waals surface area contributed by atoms with Crippen molar-refractivity contribution in [3.63, 3.8) is 0 Å². The van der Waals surface area contributed by atoms with E-state index in [9.17, 15) is 14.7 Å². The SMILES string of the molecule is Cc1cc(NC(=S)NC(=O)CSc2ccc(Cl)cc2)cc(C(=O)O)c1O. The molecule has 0 saturated carbocycles. The summed E-state index contributed by atoms with van der Waals surface area (Å²) < 4.78 is 0. The van der Waals surface area contributed by atoms with Crippen molar-refractivity contribution in [2.75, 3.05) is 11.1 Å². The number of carbonyl (C=O) groups excluding carboxylic acids is 1. The van der Waals surface area contributed by atoms with Gasteiger partial charge in [0, 0.05) is 15.6 Å². The van der Waals surface area contributed by atoms with Crippen molar-refractivity contribution < 1.29 is 19.8 Å². The van der Waals surface area contributed by atoms with E-state index in [1.165, 1.54) is 23.9 Å². The van der Waals surface area contributed by atoms with Crippen LogP contribution < -0.4 is 10.6 Å². The molecular formula is C17H15ClN2O4S2. The second-order valence-electron chi connectivity index (χ2n) is 5.24. The Morgan fingerprint density at radius 2 is 1.88 bits per heavy atom. The van der Waals surface area contributed by atoms with E-state index in [0.717, 1.165) is 4.90 Å². The standard InChI is InChI=1S/C17H15ClN2O4S2/c1-9-6-11(7-13(15(9)22)16(23)24)19-17(25)20-14(21)8-26-12-4-2-10(18)3-5-12/h2-7,22H,8H2,1H3,(H,23,24)(H2,19,20,21,25). The van der Waals surface area contributed by atoms with E-state index >= 15 is 0 Å². The van der Waals surface area contributed by atoms with Crippen molar-refractivity contribution in [2.45, 2.75) is 11.8 Å². The average Bonchev–Trinajstić information content (AvgIpc) is 2.57. The summed E-state index contributed by atoms with van der Waals surface area (Å²) in [5, 5.41) is 24.7. The largest absolute Gasteiger partial charge is 0.507 e. The molecule has 0 atom stereocenters. The van der Waals surface area contributed by atoms with Gasteiger partial charge in [-0.05, 0) is 61.1 Å². The van der Waals surface area contributed by atoms with Crippen LogP contribution in [-0.4, -0.2) is 33.0 Å². The zero-order chi connectivity index (χ0) is 19.3. The van der Waals surface area contributed by atoms with Crippen LogP contribution in [0, 0.1) is 6.92 Å². The van der Waals surface area contributed by atoms with Gasteiger partial charge in [0.25, 0.3) is 0 Å². The van der Waals surface area contributed by atoms with Gasteiger partial charge in [-0.25, -0.2) is 4.79 Å². The van der Waals surface area contributed by atoms with Crippen molar-refractivity contribution >= 4 is 58.3 Å². The van der Waals surface area contributed by atoms with Gasteiger partial charge in [0.1, 0.15) is 11.3 Å². The maximum absolute atomic E-state index is 12.0. The first-order valence-corrected chi connectivity index (χ1v) is 9.09. The van der Waals surface area contributed by atoms with Crippen molar-refractivity contribution in [3.05, 3.63) is 52.5 Å². The van der Waals surface area contributed by atoms with E-state index in [0.29, 0.717) is 16.3 Å². The number of halogens is 1. The number of benzene rings is 2. The molecule has 1 amide bonds. The molecule has 0 fully saturated rings. The molecule has 0 spiro atoms. The maximum Gasteiger partial charge on any atom is 0.339 e. The van der Waals surface area contributed by atoms with Crippen LogP contribution in [-0.2, 0) is 4.79 Å². The molecule has 0 aromatic heterocycles. The number of thiocarbonyl (C=S) groups is 1. The smallest absolute Gasteiger partial charge is 0.339 e. The number of aromatic hydroxyl groups is 1. The highest BCUT2D eigenvalue weighted by Crippen LogP contribution is 2.26. The molecule has 2 aromatic rings. The van der Waals surface area contributed by atoms with Gasteiger partial charge < -0.3 is 20.8 Å². The minimum atomic E-state index is -1.26. The number of amides is 1. The molecule has 0 aliphatic rings. The molecule has 0 aliphatic carbocycles. The van der Waals surface area contributed by atoms with Crippen molar-refractivity contribution in [3.8, 4) is 5.75 Å². The summed E-state index contributed by atoms with van der Waals surface area (Å²) in [6.07, 6.45) is 0.